The van der Waals surface area contributed by atoms with Crippen LogP contribution >= 0.6 is 0 Å². The number of quaternary nitrogens is 1. The summed E-state index contributed by atoms with van der Waals surface area (Å²) in [5.41, 5.74) is 0. The van der Waals surface area contributed by atoms with E-state index in [4.69, 9.17) is 14.2 Å². The maximum atomic E-state index is 12.8. The molecule has 0 rings (SSSR count). The Balaban J connectivity index is 4.36. The summed E-state index contributed by atoms with van der Waals surface area (Å²) in [4.78, 5) is 37.0. The van der Waals surface area contributed by atoms with Crippen LogP contribution in [0.15, 0.2) is 85.1 Å². The normalized spacial score (nSPS) is 13.7. The molecule has 0 spiro atoms. The Labute approximate surface area is 367 Å². The van der Waals surface area contributed by atoms with Gasteiger partial charge in [0.2, 0.25) is 0 Å². The molecule has 8 heteroatoms. The number of ether oxygens (including phenoxy) is 3. The number of unbranched alkanes of at least 4 members (excludes halogenated alkanes) is 13. The minimum atomic E-state index is -0.886. The van der Waals surface area contributed by atoms with Crippen molar-refractivity contribution >= 4 is 17.9 Å². The third-order valence-corrected chi connectivity index (χ3v) is 10.0. The van der Waals surface area contributed by atoms with Gasteiger partial charge in [0.15, 0.2) is 12.1 Å². The van der Waals surface area contributed by atoms with Crippen molar-refractivity contribution in [3.63, 3.8) is 0 Å². The van der Waals surface area contributed by atoms with Gasteiger partial charge in [0, 0.05) is 19.3 Å². The number of likely N-dealkylation sites (N-methyl/N-ethyl adjacent to an activating group) is 1. The number of allylic oxidation sites excluding steroid dienone is 14. The molecule has 0 bridgehead atoms. The second-order valence-corrected chi connectivity index (χ2v) is 16.6. The van der Waals surface area contributed by atoms with E-state index < -0.39 is 18.1 Å². The van der Waals surface area contributed by atoms with Gasteiger partial charge in [0.05, 0.1) is 34.4 Å². The smallest absolute Gasteiger partial charge is 0.362 e. The fourth-order valence-electron chi connectivity index (χ4n) is 6.41. The van der Waals surface area contributed by atoms with Crippen LogP contribution < -0.4 is 0 Å². The summed E-state index contributed by atoms with van der Waals surface area (Å²) in [7, 11) is 5.50. The van der Waals surface area contributed by atoms with Crippen molar-refractivity contribution < 1.29 is 38.2 Å². The minimum Gasteiger partial charge on any atom is -0.477 e. The molecule has 0 aromatic rings. The summed E-state index contributed by atoms with van der Waals surface area (Å²) in [6, 6.07) is -0.628. The van der Waals surface area contributed by atoms with Crippen molar-refractivity contribution in [3.05, 3.63) is 85.1 Å². The third-order valence-electron chi connectivity index (χ3n) is 10.0. The van der Waals surface area contributed by atoms with E-state index in [0.29, 0.717) is 19.3 Å². The number of hydrogen-bond donors (Lipinski definition) is 1. The second kappa shape index (κ2) is 42.2. The Morgan fingerprint density at radius 2 is 0.967 bits per heavy atom. The monoisotopic (exact) mass is 839 g/mol. The van der Waals surface area contributed by atoms with E-state index in [9.17, 15) is 19.5 Å². The van der Waals surface area contributed by atoms with Gasteiger partial charge in [0.1, 0.15) is 6.61 Å². The van der Waals surface area contributed by atoms with E-state index in [1.54, 1.807) is 0 Å². The maximum absolute atomic E-state index is 12.8. The lowest BCUT2D eigenvalue weighted by atomic mass is 10.1. The van der Waals surface area contributed by atoms with Crippen LogP contribution in [0.3, 0.4) is 0 Å². The summed E-state index contributed by atoms with van der Waals surface area (Å²) in [6.45, 7) is 4.53. The number of carboxylic acid groups (broad SMARTS) is 1. The second-order valence-electron chi connectivity index (χ2n) is 16.6. The Bertz CT molecular complexity index is 1250. The molecule has 0 aliphatic rings. The number of carbonyl (C=O) groups is 3. The summed E-state index contributed by atoms with van der Waals surface area (Å²) in [5.74, 6) is -1.57. The standard InChI is InChI=1S/C52H87NO7/c1-6-8-10-12-14-16-18-20-21-22-23-24-25-26-27-28-29-31-33-35-37-39-41-43-51(55)60-48(46-58-45-44-49(52(56)57)53(3,4)5)47-59-50(54)42-40-38-36-34-32-30-19-17-15-13-11-9-7-2/h8,10,14,16,20-21,23-24,26-27,30,32,36,38,48-49H,6-7,9,11-13,15,17-19,22,25,28-29,31,33-35,37,39-47H2,1-5H3/p+1/b10-8+,16-14+,21-20+,24-23+,27-26+,32-30+,38-36+. The van der Waals surface area contributed by atoms with E-state index in [-0.39, 0.29) is 42.7 Å². The number of nitrogens with zero attached hydrogens (tertiary/aromatic N) is 1. The van der Waals surface area contributed by atoms with Crippen LogP contribution in [0.2, 0.25) is 0 Å². The van der Waals surface area contributed by atoms with Crippen LogP contribution in [0.5, 0.6) is 0 Å². The molecule has 60 heavy (non-hydrogen) atoms. The highest BCUT2D eigenvalue weighted by Crippen LogP contribution is 2.13. The number of carboxylic acids is 1. The van der Waals surface area contributed by atoms with E-state index in [1.165, 1.54) is 57.8 Å². The zero-order valence-corrected chi connectivity index (χ0v) is 38.9. The van der Waals surface area contributed by atoms with Crippen molar-refractivity contribution in [2.24, 2.45) is 0 Å². The Morgan fingerprint density at radius 1 is 0.517 bits per heavy atom. The first-order chi connectivity index (χ1) is 29.1. The highest BCUT2D eigenvalue weighted by molar-refractivity contribution is 5.72. The van der Waals surface area contributed by atoms with E-state index in [1.807, 2.05) is 27.2 Å². The first-order valence-electron chi connectivity index (χ1n) is 23.6. The fourth-order valence-corrected chi connectivity index (χ4v) is 6.41. The molecule has 2 atom stereocenters. The van der Waals surface area contributed by atoms with Crippen molar-refractivity contribution in [2.75, 3.05) is 41.0 Å². The molecule has 2 unspecified atom stereocenters. The van der Waals surface area contributed by atoms with Crippen LogP contribution in [0.4, 0.5) is 0 Å². The Morgan fingerprint density at radius 3 is 1.45 bits per heavy atom. The average molecular weight is 839 g/mol. The van der Waals surface area contributed by atoms with Gasteiger partial charge >= 0.3 is 17.9 Å². The molecule has 0 aromatic carbocycles. The number of esters is 2. The minimum absolute atomic E-state index is 0.0348. The molecule has 1 N–H and O–H groups in total. The molecule has 8 nitrogen and oxygen atoms in total. The van der Waals surface area contributed by atoms with Crippen molar-refractivity contribution in [2.45, 2.75) is 187 Å². The van der Waals surface area contributed by atoms with Gasteiger partial charge in [-0.3, -0.25) is 9.59 Å². The lowest BCUT2D eigenvalue weighted by molar-refractivity contribution is -0.887. The summed E-state index contributed by atoms with van der Waals surface area (Å²) in [6.07, 6.45) is 55.0. The Kier molecular flexibility index (Phi) is 39.8. The number of carbonyl (C=O) groups excluding carboxylic acids is 2. The molecule has 0 amide bonds. The molecule has 0 aliphatic heterocycles. The van der Waals surface area contributed by atoms with Gasteiger partial charge in [-0.25, -0.2) is 4.79 Å². The average Bonchev–Trinajstić information content (AvgIpc) is 3.21. The topological polar surface area (TPSA) is 99.1 Å². The van der Waals surface area contributed by atoms with Crippen LogP contribution in [0, 0.1) is 0 Å². The zero-order chi connectivity index (χ0) is 44.2. The van der Waals surface area contributed by atoms with E-state index >= 15 is 0 Å². The molecule has 0 radical (unpaired) electrons. The van der Waals surface area contributed by atoms with E-state index in [0.717, 1.165) is 77.0 Å². The van der Waals surface area contributed by atoms with Crippen LogP contribution in [0.1, 0.15) is 174 Å². The first-order valence-corrected chi connectivity index (χ1v) is 23.6. The predicted octanol–water partition coefficient (Wildman–Crippen LogP) is 13.3. The molecule has 0 heterocycles. The lowest BCUT2D eigenvalue weighted by Crippen LogP contribution is -2.50. The molecular weight excluding hydrogens is 751 g/mol. The highest BCUT2D eigenvalue weighted by atomic mass is 16.6. The third kappa shape index (κ3) is 39.9. The largest absolute Gasteiger partial charge is 0.477 e. The van der Waals surface area contributed by atoms with Crippen LogP contribution in [-0.2, 0) is 28.6 Å². The lowest BCUT2D eigenvalue weighted by Gasteiger charge is -2.31. The predicted molar refractivity (Wildman–Crippen MR) is 252 cm³/mol. The number of aliphatic carboxylic acids is 1. The highest BCUT2D eigenvalue weighted by Gasteiger charge is 2.31. The van der Waals surface area contributed by atoms with Crippen molar-refractivity contribution in [3.8, 4) is 0 Å². The molecular formula is C52H88NO7+. The molecule has 0 aromatic heterocycles. The van der Waals surface area contributed by atoms with Gasteiger partial charge in [-0.15, -0.1) is 0 Å². The summed E-state index contributed by atoms with van der Waals surface area (Å²) < 4.78 is 17.2. The molecule has 342 valence electrons. The molecule has 0 fully saturated rings. The molecule has 0 saturated heterocycles. The first kappa shape index (κ1) is 56.5. The SMILES string of the molecule is CC/C=C/C/C=C/C/C=C/C/C=C/C/C=C/CCCCCCCCCC(=O)OC(COCCC(C(=O)O)[N+](C)(C)C)COC(=O)CC/C=C/C/C=C/CCCCCCCC. The van der Waals surface area contributed by atoms with Gasteiger partial charge in [-0.2, -0.15) is 0 Å². The zero-order valence-electron chi connectivity index (χ0n) is 38.9. The van der Waals surface area contributed by atoms with Crippen LogP contribution in [-0.4, -0.2) is 80.6 Å². The molecule has 0 aliphatic carbocycles. The number of rotatable bonds is 41. The van der Waals surface area contributed by atoms with Crippen LogP contribution in [0.25, 0.3) is 0 Å². The van der Waals surface area contributed by atoms with Crippen molar-refractivity contribution in [1.29, 1.82) is 0 Å². The van der Waals surface area contributed by atoms with Gasteiger partial charge in [0.25, 0.3) is 0 Å². The summed E-state index contributed by atoms with van der Waals surface area (Å²) in [5, 5.41) is 9.63. The van der Waals surface area contributed by atoms with Gasteiger partial charge < -0.3 is 23.8 Å². The van der Waals surface area contributed by atoms with Crippen molar-refractivity contribution in [1.82, 2.24) is 0 Å². The van der Waals surface area contributed by atoms with Gasteiger partial charge in [-0.05, 0) is 77.0 Å². The summed E-state index contributed by atoms with van der Waals surface area (Å²) >= 11 is 0. The fraction of sp³-hybridized carbons (Fsp3) is 0.673. The van der Waals surface area contributed by atoms with Gasteiger partial charge in [-0.1, -0.05) is 163 Å². The molecule has 0 saturated carbocycles. The quantitative estimate of drug-likeness (QED) is 0.0283. The number of hydrogen-bond acceptors (Lipinski definition) is 6. The van der Waals surface area contributed by atoms with E-state index in [2.05, 4.69) is 92.8 Å². The maximum Gasteiger partial charge on any atom is 0.362 e. The Hall–Kier alpha value is -3.49.